The van der Waals surface area contributed by atoms with E-state index >= 15 is 0 Å². The van der Waals surface area contributed by atoms with E-state index in [-0.39, 0.29) is 0 Å². The Kier molecular flexibility index (Phi) is 2.75. The van der Waals surface area contributed by atoms with Crippen molar-refractivity contribution in [2.45, 2.75) is 27.0 Å². The van der Waals surface area contributed by atoms with Gasteiger partial charge in [-0.15, -0.1) is 0 Å². The molecular weight excluding hydrogens is 188 g/mol. The molecule has 2 N–H and O–H groups in total. The Balaban J connectivity index is 2.66. The third-order valence-corrected chi connectivity index (χ3v) is 2.80. The summed E-state index contributed by atoms with van der Waals surface area (Å²) in [6, 6.07) is 8.41. The molecule has 0 saturated heterocycles. The lowest BCUT2D eigenvalue weighted by Gasteiger charge is -2.05. The van der Waals surface area contributed by atoms with E-state index in [1.165, 1.54) is 16.6 Å². The number of nitrogens with zero attached hydrogens (tertiary/aromatic N) is 1. The average Bonchev–Trinajstić information content (AvgIpc) is 2.55. The van der Waals surface area contributed by atoms with Gasteiger partial charge in [-0.05, 0) is 31.5 Å². The van der Waals surface area contributed by atoms with Crippen LogP contribution >= 0.6 is 0 Å². The zero-order valence-electron chi connectivity index (χ0n) is 9.16. The van der Waals surface area contributed by atoms with Gasteiger partial charge < -0.3 is 4.57 Å². The highest BCUT2D eigenvalue weighted by atomic mass is 16.6. The van der Waals surface area contributed by atoms with E-state index in [4.69, 9.17) is 10.7 Å². The summed E-state index contributed by atoms with van der Waals surface area (Å²) in [7, 11) is 0. The zero-order chi connectivity index (χ0) is 10.8. The maximum Gasteiger partial charge on any atom is 0.0936 e. The van der Waals surface area contributed by atoms with E-state index in [1.807, 2.05) is 6.07 Å². The van der Waals surface area contributed by atoms with Crippen LogP contribution in [-0.4, -0.2) is 4.57 Å². The van der Waals surface area contributed by atoms with Crippen molar-refractivity contribution in [1.82, 2.24) is 4.57 Å². The number of fused-ring (bicyclic) bond motifs is 1. The van der Waals surface area contributed by atoms with Crippen LogP contribution in [0.4, 0.5) is 0 Å². The minimum Gasteiger partial charge on any atom is -0.345 e. The van der Waals surface area contributed by atoms with Gasteiger partial charge in [0.1, 0.15) is 0 Å². The molecule has 1 aromatic carbocycles. The molecule has 0 unspecified atom stereocenters. The van der Waals surface area contributed by atoms with Crippen LogP contribution in [0.1, 0.15) is 18.2 Å². The largest absolute Gasteiger partial charge is 0.345 e. The predicted octanol–water partition coefficient (Wildman–Crippen LogP) is 2.36. The Bertz CT molecular complexity index is 474. The molecule has 0 bridgehead atoms. The highest BCUT2D eigenvalue weighted by Gasteiger charge is 2.07. The second-order valence-corrected chi connectivity index (χ2v) is 3.69. The molecule has 2 rings (SSSR count). The van der Waals surface area contributed by atoms with Crippen LogP contribution < -0.4 is 5.90 Å². The van der Waals surface area contributed by atoms with Crippen LogP contribution in [0, 0.1) is 6.92 Å². The van der Waals surface area contributed by atoms with E-state index in [0.717, 1.165) is 12.1 Å². The predicted molar refractivity (Wildman–Crippen MR) is 61.3 cm³/mol. The molecule has 1 heterocycles. The first-order valence-corrected chi connectivity index (χ1v) is 5.17. The number of rotatable bonds is 3. The van der Waals surface area contributed by atoms with E-state index in [1.54, 1.807) is 0 Å². The number of nitrogens with two attached hydrogens (primary N) is 1. The van der Waals surface area contributed by atoms with Crippen LogP contribution in [0.3, 0.4) is 0 Å². The minimum atomic E-state index is 0.463. The van der Waals surface area contributed by atoms with Gasteiger partial charge >= 0.3 is 0 Å². The minimum absolute atomic E-state index is 0.463. The monoisotopic (exact) mass is 204 g/mol. The van der Waals surface area contributed by atoms with Gasteiger partial charge in [0, 0.05) is 23.1 Å². The van der Waals surface area contributed by atoms with Gasteiger partial charge in [-0.25, -0.2) is 5.90 Å². The molecule has 2 aromatic rings. The van der Waals surface area contributed by atoms with Gasteiger partial charge in [-0.1, -0.05) is 12.1 Å². The zero-order valence-corrected chi connectivity index (χ0v) is 9.16. The van der Waals surface area contributed by atoms with Crippen LogP contribution in [0.25, 0.3) is 10.9 Å². The number of hydrogen-bond acceptors (Lipinski definition) is 2. The summed E-state index contributed by atoms with van der Waals surface area (Å²) in [6.45, 7) is 5.72. The molecule has 0 spiro atoms. The van der Waals surface area contributed by atoms with Crippen LogP contribution in [0.2, 0.25) is 0 Å². The fourth-order valence-electron chi connectivity index (χ4n) is 2.11. The molecular formula is C12H16N2O. The smallest absolute Gasteiger partial charge is 0.0936 e. The topological polar surface area (TPSA) is 40.2 Å². The molecule has 0 fully saturated rings. The molecule has 0 saturated carbocycles. The number of aromatic nitrogens is 1. The highest BCUT2D eigenvalue weighted by molar-refractivity contribution is 5.84. The van der Waals surface area contributed by atoms with Gasteiger partial charge in [-0.3, -0.25) is 4.84 Å². The Morgan fingerprint density at radius 1 is 1.40 bits per heavy atom. The summed E-state index contributed by atoms with van der Waals surface area (Å²) < 4.78 is 2.29. The van der Waals surface area contributed by atoms with Crippen molar-refractivity contribution in [3.05, 3.63) is 35.5 Å². The molecule has 0 atom stereocenters. The standard InChI is InChI=1S/C12H16N2O/c1-3-14-9(2)7-11-10(8-15-13)5-4-6-12(11)14/h4-7H,3,8,13H2,1-2H3. The van der Waals surface area contributed by atoms with Gasteiger partial charge in [0.05, 0.1) is 6.61 Å². The van der Waals surface area contributed by atoms with E-state index in [0.29, 0.717) is 6.61 Å². The Morgan fingerprint density at radius 2 is 2.20 bits per heavy atom. The lowest BCUT2D eigenvalue weighted by molar-refractivity contribution is 0.125. The van der Waals surface area contributed by atoms with Crippen molar-refractivity contribution >= 4 is 10.9 Å². The number of aryl methyl sites for hydroxylation is 2. The molecule has 3 nitrogen and oxygen atoms in total. The molecule has 0 aliphatic rings. The second kappa shape index (κ2) is 4.04. The maximum atomic E-state index is 5.12. The summed E-state index contributed by atoms with van der Waals surface area (Å²) in [6.07, 6.45) is 0. The normalized spacial score (nSPS) is 11.1. The lowest BCUT2D eigenvalue weighted by Crippen LogP contribution is -1.99. The van der Waals surface area contributed by atoms with Crippen molar-refractivity contribution in [3.63, 3.8) is 0 Å². The second-order valence-electron chi connectivity index (χ2n) is 3.69. The van der Waals surface area contributed by atoms with Crippen LogP contribution in [0.15, 0.2) is 24.3 Å². The van der Waals surface area contributed by atoms with Crippen LogP contribution in [0.5, 0.6) is 0 Å². The molecule has 0 aliphatic carbocycles. The summed E-state index contributed by atoms with van der Waals surface area (Å²) in [4.78, 5) is 4.71. The average molecular weight is 204 g/mol. The molecule has 0 aliphatic heterocycles. The summed E-state index contributed by atoms with van der Waals surface area (Å²) in [5.41, 5.74) is 3.67. The number of benzene rings is 1. The Labute approximate surface area is 89.4 Å². The molecule has 0 amide bonds. The molecule has 15 heavy (non-hydrogen) atoms. The summed E-state index contributed by atoms with van der Waals surface area (Å²) in [5, 5.41) is 1.24. The Hall–Kier alpha value is -1.32. The van der Waals surface area contributed by atoms with Gasteiger partial charge in [0.2, 0.25) is 0 Å². The molecule has 0 radical (unpaired) electrons. The third kappa shape index (κ3) is 1.64. The van der Waals surface area contributed by atoms with Gasteiger partial charge in [-0.2, -0.15) is 0 Å². The van der Waals surface area contributed by atoms with Gasteiger partial charge in [0.25, 0.3) is 0 Å². The molecule has 80 valence electrons. The summed E-state index contributed by atoms with van der Waals surface area (Å²) >= 11 is 0. The fraction of sp³-hybridized carbons (Fsp3) is 0.333. The first-order valence-electron chi connectivity index (χ1n) is 5.17. The van der Waals surface area contributed by atoms with E-state index in [2.05, 4.69) is 36.6 Å². The maximum absolute atomic E-state index is 5.12. The van der Waals surface area contributed by atoms with Crippen molar-refractivity contribution < 1.29 is 4.84 Å². The summed E-state index contributed by atoms with van der Waals surface area (Å²) in [5.74, 6) is 5.12. The van der Waals surface area contributed by atoms with Gasteiger partial charge in [0.15, 0.2) is 0 Å². The van der Waals surface area contributed by atoms with Crippen molar-refractivity contribution in [2.24, 2.45) is 5.90 Å². The number of hydrogen-bond donors (Lipinski definition) is 1. The van der Waals surface area contributed by atoms with Crippen molar-refractivity contribution in [2.75, 3.05) is 0 Å². The Morgan fingerprint density at radius 3 is 2.87 bits per heavy atom. The lowest BCUT2D eigenvalue weighted by atomic mass is 10.1. The van der Waals surface area contributed by atoms with Crippen molar-refractivity contribution in [3.8, 4) is 0 Å². The fourth-order valence-corrected chi connectivity index (χ4v) is 2.11. The molecule has 3 heteroatoms. The quantitative estimate of drug-likeness (QED) is 0.780. The van der Waals surface area contributed by atoms with E-state index in [9.17, 15) is 0 Å². The first-order chi connectivity index (χ1) is 7.27. The highest BCUT2D eigenvalue weighted by Crippen LogP contribution is 2.23. The van der Waals surface area contributed by atoms with E-state index < -0.39 is 0 Å². The first kappa shape index (κ1) is 10.2. The third-order valence-electron chi connectivity index (χ3n) is 2.80. The van der Waals surface area contributed by atoms with Crippen LogP contribution in [-0.2, 0) is 18.0 Å². The van der Waals surface area contributed by atoms with Crippen molar-refractivity contribution in [1.29, 1.82) is 0 Å². The SMILES string of the molecule is CCn1c(C)cc2c(CON)cccc21. The molecule has 1 aromatic heterocycles.